The maximum atomic E-state index is 14.2. The number of hydrogen-bond acceptors (Lipinski definition) is 5. The number of benzene rings is 2. The Bertz CT molecular complexity index is 1100. The number of carbonyl (C=O) groups is 3. The van der Waals surface area contributed by atoms with Gasteiger partial charge in [0.1, 0.15) is 17.9 Å². The number of aliphatic hydroxyl groups excluding tert-OH is 1. The Kier molecular flexibility index (Phi) is 8.23. The van der Waals surface area contributed by atoms with Crippen LogP contribution in [0.25, 0.3) is 0 Å². The van der Waals surface area contributed by atoms with Crippen molar-refractivity contribution < 1.29 is 37.4 Å². The minimum absolute atomic E-state index is 0.0715. The maximum Gasteiger partial charge on any atom is 0.407 e. The standard InChI is InChI=1S/C23H23ClF3N3O5/c1-35-22(34)29-18(12-31)21(33)30(15-6-4-5-13(25)9-15)19(16-7-2-3-8-17(16)24)20(32)28-14-10-23(26,27)11-14/h2-9,14,18-19,31H,10-12H2,1H3,(H,28,32)(H,29,34). The van der Waals surface area contributed by atoms with Crippen molar-refractivity contribution in [3.8, 4) is 0 Å². The number of alkyl carbamates (subject to hydrolysis) is 1. The number of aliphatic hydroxyl groups is 1. The number of halogens is 4. The summed E-state index contributed by atoms with van der Waals surface area (Å²) in [4.78, 5) is 39.6. The van der Waals surface area contributed by atoms with Gasteiger partial charge in [-0.05, 0) is 24.3 Å². The predicted molar refractivity (Wildman–Crippen MR) is 121 cm³/mol. The number of nitrogens with zero attached hydrogens (tertiary/aromatic N) is 1. The van der Waals surface area contributed by atoms with E-state index in [1.54, 1.807) is 12.1 Å². The van der Waals surface area contributed by atoms with E-state index < -0.39 is 67.2 Å². The molecule has 1 saturated carbocycles. The Hall–Kier alpha value is -3.31. The molecule has 0 heterocycles. The van der Waals surface area contributed by atoms with Crippen LogP contribution in [0, 0.1) is 5.82 Å². The van der Waals surface area contributed by atoms with Gasteiger partial charge in [0, 0.05) is 35.2 Å². The second kappa shape index (κ2) is 11.0. The van der Waals surface area contributed by atoms with Crippen LogP contribution in [0.5, 0.6) is 0 Å². The average molecular weight is 514 g/mol. The van der Waals surface area contributed by atoms with Gasteiger partial charge in [0.2, 0.25) is 5.91 Å². The van der Waals surface area contributed by atoms with Crippen molar-refractivity contribution in [3.63, 3.8) is 0 Å². The monoisotopic (exact) mass is 513 g/mol. The number of nitrogens with one attached hydrogen (secondary N) is 2. The fourth-order valence-electron chi connectivity index (χ4n) is 3.72. The molecule has 35 heavy (non-hydrogen) atoms. The number of amides is 3. The molecule has 3 N–H and O–H groups in total. The summed E-state index contributed by atoms with van der Waals surface area (Å²) in [6.45, 7) is -0.883. The third-order valence-electron chi connectivity index (χ3n) is 5.42. The van der Waals surface area contributed by atoms with E-state index in [4.69, 9.17) is 11.6 Å². The van der Waals surface area contributed by atoms with Gasteiger partial charge in [-0.25, -0.2) is 18.0 Å². The van der Waals surface area contributed by atoms with Crippen molar-refractivity contribution in [2.75, 3.05) is 18.6 Å². The first-order chi connectivity index (χ1) is 16.6. The molecule has 8 nitrogen and oxygen atoms in total. The molecular formula is C23H23ClF3N3O5. The summed E-state index contributed by atoms with van der Waals surface area (Å²) < 4.78 is 45.4. The Morgan fingerprint density at radius 1 is 1.20 bits per heavy atom. The first kappa shape index (κ1) is 26.3. The number of carbonyl (C=O) groups excluding carboxylic acids is 3. The van der Waals surface area contributed by atoms with Gasteiger partial charge in [0.25, 0.3) is 11.8 Å². The van der Waals surface area contributed by atoms with E-state index in [1.807, 2.05) is 0 Å². The van der Waals surface area contributed by atoms with Crippen LogP contribution in [-0.4, -0.2) is 54.7 Å². The van der Waals surface area contributed by atoms with E-state index in [-0.39, 0.29) is 16.3 Å². The second-order valence-electron chi connectivity index (χ2n) is 7.95. The number of methoxy groups -OCH3 is 1. The van der Waals surface area contributed by atoms with Gasteiger partial charge in [-0.3, -0.25) is 14.5 Å². The molecule has 1 fully saturated rings. The minimum Gasteiger partial charge on any atom is -0.453 e. The van der Waals surface area contributed by atoms with Crippen molar-refractivity contribution in [1.29, 1.82) is 0 Å². The highest BCUT2D eigenvalue weighted by Gasteiger charge is 2.47. The van der Waals surface area contributed by atoms with Gasteiger partial charge in [0.15, 0.2) is 0 Å². The molecule has 12 heteroatoms. The summed E-state index contributed by atoms with van der Waals surface area (Å²) in [5.74, 6) is -5.50. The number of rotatable bonds is 8. The Labute approximate surface area is 204 Å². The lowest BCUT2D eigenvalue weighted by Gasteiger charge is -2.38. The van der Waals surface area contributed by atoms with Crippen molar-refractivity contribution in [3.05, 3.63) is 64.9 Å². The van der Waals surface area contributed by atoms with Crippen LogP contribution in [-0.2, 0) is 14.3 Å². The summed E-state index contributed by atoms with van der Waals surface area (Å²) >= 11 is 6.33. The smallest absolute Gasteiger partial charge is 0.407 e. The summed E-state index contributed by atoms with van der Waals surface area (Å²) in [6, 6.07) is 6.75. The molecule has 3 rings (SSSR count). The molecular weight excluding hydrogens is 491 g/mol. The molecule has 0 aliphatic heterocycles. The van der Waals surface area contributed by atoms with Gasteiger partial charge in [-0.1, -0.05) is 35.9 Å². The molecule has 3 amide bonds. The van der Waals surface area contributed by atoms with Crippen LogP contribution >= 0.6 is 11.6 Å². The summed E-state index contributed by atoms with van der Waals surface area (Å²) in [5, 5.41) is 14.5. The van der Waals surface area contributed by atoms with E-state index in [0.29, 0.717) is 0 Å². The molecule has 0 saturated heterocycles. The zero-order valence-electron chi connectivity index (χ0n) is 18.5. The van der Waals surface area contributed by atoms with Crippen molar-refractivity contribution >= 4 is 35.2 Å². The van der Waals surface area contributed by atoms with E-state index in [2.05, 4.69) is 15.4 Å². The zero-order valence-corrected chi connectivity index (χ0v) is 19.3. The SMILES string of the molecule is COC(=O)NC(CO)C(=O)N(c1cccc(F)c1)C(C(=O)NC1CC(F)(F)C1)c1ccccc1Cl. The first-order valence-corrected chi connectivity index (χ1v) is 10.9. The molecule has 2 aromatic rings. The van der Waals surface area contributed by atoms with Crippen LogP contribution in [0.3, 0.4) is 0 Å². The molecule has 188 valence electrons. The predicted octanol–water partition coefficient (Wildman–Crippen LogP) is 3.18. The van der Waals surface area contributed by atoms with Crippen molar-refractivity contribution in [2.45, 2.75) is 36.9 Å². The summed E-state index contributed by atoms with van der Waals surface area (Å²) in [6.07, 6.45) is -2.19. The lowest BCUT2D eigenvalue weighted by Crippen LogP contribution is -2.57. The second-order valence-corrected chi connectivity index (χ2v) is 8.36. The Morgan fingerprint density at radius 2 is 1.89 bits per heavy atom. The maximum absolute atomic E-state index is 14.2. The lowest BCUT2D eigenvalue weighted by molar-refractivity contribution is -0.133. The fraction of sp³-hybridized carbons (Fsp3) is 0.348. The highest BCUT2D eigenvalue weighted by Crippen LogP contribution is 2.39. The van der Waals surface area contributed by atoms with Crippen LogP contribution < -0.4 is 15.5 Å². The highest BCUT2D eigenvalue weighted by atomic mass is 35.5. The lowest BCUT2D eigenvalue weighted by atomic mass is 9.87. The molecule has 0 aromatic heterocycles. The van der Waals surface area contributed by atoms with Crippen molar-refractivity contribution in [2.24, 2.45) is 0 Å². The van der Waals surface area contributed by atoms with Gasteiger partial charge in [-0.15, -0.1) is 0 Å². The quantitative estimate of drug-likeness (QED) is 0.502. The summed E-state index contributed by atoms with van der Waals surface area (Å²) in [5.41, 5.74) is 0.0178. The highest BCUT2D eigenvalue weighted by molar-refractivity contribution is 6.31. The largest absolute Gasteiger partial charge is 0.453 e. The van der Waals surface area contributed by atoms with Crippen LogP contribution in [0.1, 0.15) is 24.4 Å². The number of anilines is 1. The van der Waals surface area contributed by atoms with E-state index >= 15 is 0 Å². The normalized spacial score (nSPS) is 16.4. The van der Waals surface area contributed by atoms with Crippen LogP contribution in [0.2, 0.25) is 5.02 Å². The number of ether oxygens (including phenoxy) is 1. The van der Waals surface area contributed by atoms with E-state index in [0.717, 1.165) is 24.1 Å². The van der Waals surface area contributed by atoms with E-state index in [9.17, 15) is 32.7 Å². The summed E-state index contributed by atoms with van der Waals surface area (Å²) in [7, 11) is 1.05. The molecule has 2 atom stereocenters. The van der Waals surface area contributed by atoms with Gasteiger partial charge >= 0.3 is 6.09 Å². The molecule has 0 spiro atoms. The first-order valence-electron chi connectivity index (χ1n) is 10.5. The molecule has 2 unspecified atom stereocenters. The Balaban J connectivity index is 2.09. The molecule has 2 aromatic carbocycles. The fourth-order valence-corrected chi connectivity index (χ4v) is 3.96. The molecule has 0 bridgehead atoms. The number of alkyl halides is 2. The minimum atomic E-state index is -2.91. The van der Waals surface area contributed by atoms with Gasteiger partial charge in [0.05, 0.1) is 13.7 Å². The number of hydrogen-bond donors (Lipinski definition) is 3. The topological polar surface area (TPSA) is 108 Å². The van der Waals surface area contributed by atoms with Crippen molar-refractivity contribution in [1.82, 2.24) is 10.6 Å². The van der Waals surface area contributed by atoms with Crippen LogP contribution in [0.4, 0.5) is 23.7 Å². The average Bonchev–Trinajstić information content (AvgIpc) is 2.79. The van der Waals surface area contributed by atoms with Crippen LogP contribution in [0.15, 0.2) is 48.5 Å². The molecule has 1 aliphatic rings. The third-order valence-corrected chi connectivity index (χ3v) is 5.77. The zero-order chi connectivity index (χ0) is 25.8. The van der Waals surface area contributed by atoms with Gasteiger partial charge in [-0.2, -0.15) is 0 Å². The third kappa shape index (κ3) is 6.23. The van der Waals surface area contributed by atoms with Gasteiger partial charge < -0.3 is 20.5 Å². The Morgan fingerprint density at radius 3 is 2.46 bits per heavy atom. The molecule has 1 aliphatic carbocycles. The van der Waals surface area contributed by atoms with E-state index in [1.165, 1.54) is 24.3 Å². The molecule has 0 radical (unpaired) electrons.